The van der Waals surface area contributed by atoms with Crippen molar-refractivity contribution in [2.45, 2.75) is 0 Å². The van der Waals surface area contributed by atoms with E-state index in [1.54, 1.807) is 18.4 Å². The van der Waals surface area contributed by atoms with E-state index in [0.29, 0.717) is 0 Å². The molecule has 0 atom stereocenters. The summed E-state index contributed by atoms with van der Waals surface area (Å²) in [6.45, 7) is 0. The Morgan fingerprint density at radius 3 is 2.55 bits per heavy atom. The molecule has 0 N–H and O–H groups in total. The Kier molecular flexibility index (Phi) is 3.16. The molecule has 0 radical (unpaired) electrons. The fourth-order valence-corrected chi connectivity index (χ4v) is 3.33. The molecule has 22 heavy (non-hydrogen) atoms. The number of para-hydroxylation sites is 1. The van der Waals surface area contributed by atoms with Gasteiger partial charge in [0, 0.05) is 4.73 Å². The number of hydrogen-bond acceptors (Lipinski definition) is 3. The molecule has 0 amide bonds. The zero-order chi connectivity index (χ0) is 14.9. The molecule has 4 aromatic rings. The van der Waals surface area contributed by atoms with Gasteiger partial charge in [-0.2, -0.15) is 0 Å². The van der Waals surface area contributed by atoms with E-state index in [4.69, 9.17) is 9.57 Å². The quantitative estimate of drug-likeness (QED) is 0.529. The Morgan fingerprint density at radius 1 is 0.864 bits per heavy atom. The van der Waals surface area contributed by atoms with E-state index in [-0.39, 0.29) is 0 Å². The second kappa shape index (κ2) is 5.31. The molecule has 2 aromatic heterocycles. The van der Waals surface area contributed by atoms with Crippen LogP contribution in [0.3, 0.4) is 0 Å². The van der Waals surface area contributed by atoms with Gasteiger partial charge in [-0.3, -0.25) is 0 Å². The minimum Gasteiger partial charge on any atom is -0.497 e. The lowest BCUT2D eigenvalue weighted by molar-refractivity contribution is -0.832. The zero-order valence-corrected chi connectivity index (χ0v) is 12.8. The van der Waals surface area contributed by atoms with E-state index in [2.05, 4.69) is 23.6 Å². The van der Waals surface area contributed by atoms with Crippen LogP contribution in [-0.4, -0.2) is 7.11 Å². The molecule has 0 aliphatic carbocycles. The van der Waals surface area contributed by atoms with Crippen molar-refractivity contribution >= 4 is 32.5 Å². The first-order valence-electron chi connectivity index (χ1n) is 6.98. The summed E-state index contributed by atoms with van der Waals surface area (Å²) in [6, 6.07) is 20.1. The number of pyridine rings is 1. The first-order valence-corrected chi connectivity index (χ1v) is 7.86. The summed E-state index contributed by atoms with van der Waals surface area (Å²) in [7, 11) is 1.67. The first-order chi connectivity index (χ1) is 10.8. The molecule has 0 aliphatic rings. The van der Waals surface area contributed by atoms with Crippen molar-refractivity contribution in [2.75, 3.05) is 7.11 Å². The molecule has 0 saturated heterocycles. The van der Waals surface area contributed by atoms with Crippen molar-refractivity contribution < 1.29 is 14.3 Å². The van der Waals surface area contributed by atoms with Crippen molar-refractivity contribution in [1.29, 1.82) is 0 Å². The maximum Gasteiger partial charge on any atom is 0.320 e. The second-order valence-electron chi connectivity index (χ2n) is 4.95. The monoisotopic (exact) mass is 308 g/mol. The van der Waals surface area contributed by atoms with E-state index < -0.39 is 0 Å². The van der Waals surface area contributed by atoms with Gasteiger partial charge in [0.15, 0.2) is 0 Å². The Hall–Kier alpha value is -2.59. The SMILES string of the molecule is COc1ccc2cc3ccsc3[n+](Oc3ccccc3)c2c1. The van der Waals surface area contributed by atoms with Gasteiger partial charge in [0.2, 0.25) is 5.75 Å². The van der Waals surface area contributed by atoms with Gasteiger partial charge >= 0.3 is 4.83 Å². The molecular formula is C18H14NO2S+. The third-order valence-electron chi connectivity index (χ3n) is 3.57. The third-order valence-corrected chi connectivity index (χ3v) is 4.46. The molecule has 108 valence electrons. The van der Waals surface area contributed by atoms with Crippen molar-refractivity contribution in [1.82, 2.24) is 0 Å². The molecular weight excluding hydrogens is 294 g/mol. The topological polar surface area (TPSA) is 22.3 Å². The minimum atomic E-state index is 0.803. The average Bonchev–Trinajstić information content (AvgIpc) is 3.03. The van der Waals surface area contributed by atoms with Gasteiger partial charge in [0.1, 0.15) is 5.75 Å². The Labute approximate surface area is 131 Å². The van der Waals surface area contributed by atoms with Crippen LogP contribution >= 0.6 is 11.3 Å². The van der Waals surface area contributed by atoms with Crippen LogP contribution in [0.1, 0.15) is 0 Å². The summed E-state index contributed by atoms with van der Waals surface area (Å²) in [5, 5.41) is 4.35. The Bertz CT molecular complexity index is 947. The van der Waals surface area contributed by atoms with Gasteiger partial charge in [0.05, 0.1) is 23.9 Å². The first kappa shape index (κ1) is 13.1. The fourth-order valence-electron chi connectivity index (χ4n) is 2.49. The number of ether oxygens (including phenoxy) is 1. The lowest BCUT2D eigenvalue weighted by Crippen LogP contribution is -2.40. The summed E-state index contributed by atoms with van der Waals surface area (Å²) in [4.78, 5) is 7.21. The van der Waals surface area contributed by atoms with Crippen LogP contribution in [0.4, 0.5) is 0 Å². The second-order valence-corrected chi connectivity index (χ2v) is 5.84. The van der Waals surface area contributed by atoms with E-state index in [1.807, 2.05) is 47.2 Å². The van der Waals surface area contributed by atoms with Crippen LogP contribution in [0.15, 0.2) is 66.0 Å². The molecule has 0 fully saturated rings. The third kappa shape index (κ3) is 2.18. The predicted octanol–water partition coefficient (Wildman–Crippen LogP) is 4.19. The van der Waals surface area contributed by atoms with Crippen molar-refractivity contribution in [3.05, 3.63) is 66.0 Å². The molecule has 0 aliphatic heterocycles. The summed E-state index contributed by atoms with van der Waals surface area (Å²) in [6.07, 6.45) is 0. The maximum atomic E-state index is 6.13. The highest BCUT2D eigenvalue weighted by atomic mass is 32.1. The minimum absolute atomic E-state index is 0.803. The highest BCUT2D eigenvalue weighted by Gasteiger charge is 2.20. The molecule has 4 rings (SSSR count). The Morgan fingerprint density at radius 2 is 1.73 bits per heavy atom. The fraction of sp³-hybridized carbons (Fsp3) is 0.0556. The summed E-state index contributed by atoms with van der Waals surface area (Å²) >= 11 is 1.66. The predicted molar refractivity (Wildman–Crippen MR) is 88.5 cm³/mol. The maximum absolute atomic E-state index is 6.13. The summed E-state index contributed by atoms with van der Waals surface area (Å²) in [5.41, 5.74) is 0.984. The number of hydrogen-bond donors (Lipinski definition) is 0. The molecule has 2 heterocycles. The molecule has 2 aromatic carbocycles. The van der Waals surface area contributed by atoms with Crippen molar-refractivity contribution in [3.63, 3.8) is 0 Å². The number of fused-ring (bicyclic) bond motifs is 2. The summed E-state index contributed by atoms with van der Waals surface area (Å²) in [5.74, 6) is 1.62. The number of aromatic nitrogens is 1. The number of methoxy groups -OCH3 is 1. The highest BCUT2D eigenvalue weighted by Crippen LogP contribution is 2.25. The Balaban J connectivity index is 1.99. The van der Waals surface area contributed by atoms with Crippen LogP contribution in [-0.2, 0) is 0 Å². The zero-order valence-electron chi connectivity index (χ0n) is 12.0. The van der Waals surface area contributed by atoms with Gasteiger partial charge in [-0.05, 0) is 41.8 Å². The normalized spacial score (nSPS) is 11.0. The van der Waals surface area contributed by atoms with Gasteiger partial charge in [-0.25, -0.2) is 4.84 Å². The number of benzene rings is 2. The summed E-state index contributed by atoms with van der Waals surface area (Å²) < 4.78 is 7.24. The van der Waals surface area contributed by atoms with E-state index in [0.717, 1.165) is 27.2 Å². The average molecular weight is 308 g/mol. The molecule has 3 nitrogen and oxygen atoms in total. The highest BCUT2D eigenvalue weighted by molar-refractivity contribution is 7.16. The lowest BCUT2D eigenvalue weighted by atomic mass is 10.2. The van der Waals surface area contributed by atoms with Crippen LogP contribution in [0.25, 0.3) is 21.1 Å². The largest absolute Gasteiger partial charge is 0.497 e. The van der Waals surface area contributed by atoms with Crippen molar-refractivity contribution in [3.8, 4) is 11.5 Å². The van der Waals surface area contributed by atoms with Crippen LogP contribution in [0, 0.1) is 0 Å². The van der Waals surface area contributed by atoms with Crippen LogP contribution < -0.4 is 14.3 Å². The van der Waals surface area contributed by atoms with E-state index in [1.165, 1.54) is 5.39 Å². The lowest BCUT2D eigenvalue weighted by Gasteiger charge is -2.04. The van der Waals surface area contributed by atoms with Gasteiger partial charge in [-0.1, -0.05) is 29.5 Å². The molecule has 0 unspecified atom stereocenters. The van der Waals surface area contributed by atoms with E-state index in [9.17, 15) is 0 Å². The molecule has 0 saturated carbocycles. The van der Waals surface area contributed by atoms with Gasteiger partial charge in [0.25, 0.3) is 5.52 Å². The van der Waals surface area contributed by atoms with Gasteiger partial charge < -0.3 is 4.74 Å². The molecule has 0 spiro atoms. The number of nitrogens with zero attached hydrogens (tertiary/aromatic N) is 1. The van der Waals surface area contributed by atoms with Crippen LogP contribution in [0.5, 0.6) is 11.5 Å². The number of thiophene rings is 1. The molecule has 0 bridgehead atoms. The van der Waals surface area contributed by atoms with E-state index >= 15 is 0 Å². The van der Waals surface area contributed by atoms with Crippen molar-refractivity contribution in [2.24, 2.45) is 0 Å². The standard InChI is InChI=1S/C18H14NO2S/c1-20-16-8-7-13-11-14-9-10-22-18(14)19(17(13)12-16)21-15-5-3-2-4-6-15/h2-12H,1H3/q+1. The van der Waals surface area contributed by atoms with Gasteiger partial charge in [-0.15, -0.1) is 0 Å². The van der Waals surface area contributed by atoms with Crippen LogP contribution in [0.2, 0.25) is 0 Å². The smallest absolute Gasteiger partial charge is 0.320 e. The number of rotatable bonds is 3. The molecule has 4 heteroatoms.